The Morgan fingerprint density at radius 2 is 2.25 bits per heavy atom. The van der Waals surface area contributed by atoms with Gasteiger partial charge in [0, 0.05) is 13.2 Å². The predicted octanol–water partition coefficient (Wildman–Crippen LogP) is 2.22. The summed E-state index contributed by atoms with van der Waals surface area (Å²) in [6.07, 6.45) is 4.88. The predicted molar refractivity (Wildman–Crippen MR) is 60.0 cm³/mol. The average molecular weight is 216 g/mol. The second kappa shape index (κ2) is 4.18. The molecular weight excluding hydrogens is 204 g/mol. The summed E-state index contributed by atoms with van der Waals surface area (Å²) in [7, 11) is 1.82. The molecule has 0 bridgehead atoms. The van der Waals surface area contributed by atoms with Crippen molar-refractivity contribution in [2.24, 2.45) is 7.05 Å². The first-order chi connectivity index (χ1) is 7.66. The van der Waals surface area contributed by atoms with Crippen molar-refractivity contribution in [1.29, 1.82) is 0 Å². The molecule has 0 aliphatic heterocycles. The van der Waals surface area contributed by atoms with Gasteiger partial charge in [-0.05, 0) is 37.3 Å². The van der Waals surface area contributed by atoms with Crippen LogP contribution in [-0.4, -0.2) is 15.6 Å². The van der Waals surface area contributed by atoms with Crippen molar-refractivity contribution in [2.45, 2.75) is 6.92 Å². The van der Waals surface area contributed by atoms with E-state index in [2.05, 4.69) is 5.10 Å². The fraction of sp³-hybridized carbons (Fsp3) is 0.167. The Balaban J connectivity index is 2.14. The summed E-state index contributed by atoms with van der Waals surface area (Å²) in [5, 5.41) is 4.00. The second-order valence-electron chi connectivity index (χ2n) is 3.49. The number of carbonyl (C=O) groups excluding carboxylic acids is 1. The minimum absolute atomic E-state index is 0.144. The Kier molecular flexibility index (Phi) is 2.72. The molecule has 0 N–H and O–H groups in total. The molecule has 0 unspecified atom stereocenters. The quantitative estimate of drug-likeness (QED) is 0.583. The number of nitrogens with zero attached hydrogens (tertiary/aromatic N) is 2. The molecule has 16 heavy (non-hydrogen) atoms. The van der Waals surface area contributed by atoms with Crippen LogP contribution in [0.5, 0.6) is 0 Å². The SMILES string of the molecule is Cc1ccc(C(=O)/C=C/c2ccnn2C)o1. The van der Waals surface area contributed by atoms with Crippen LogP contribution in [0.4, 0.5) is 0 Å². The van der Waals surface area contributed by atoms with Gasteiger partial charge in [0.2, 0.25) is 5.78 Å². The van der Waals surface area contributed by atoms with E-state index >= 15 is 0 Å². The number of hydrogen-bond donors (Lipinski definition) is 0. The van der Waals surface area contributed by atoms with Gasteiger partial charge in [-0.15, -0.1) is 0 Å². The summed E-state index contributed by atoms with van der Waals surface area (Å²) in [6, 6.07) is 5.27. The third-order valence-electron chi connectivity index (χ3n) is 2.25. The molecule has 0 saturated carbocycles. The highest BCUT2D eigenvalue weighted by Crippen LogP contribution is 2.09. The second-order valence-corrected chi connectivity index (χ2v) is 3.49. The summed E-state index contributed by atoms with van der Waals surface area (Å²) >= 11 is 0. The maximum Gasteiger partial charge on any atom is 0.221 e. The number of aromatic nitrogens is 2. The number of ketones is 1. The Hall–Kier alpha value is -2.10. The van der Waals surface area contributed by atoms with Crippen molar-refractivity contribution in [3.05, 3.63) is 47.7 Å². The van der Waals surface area contributed by atoms with Crippen LogP contribution in [0, 0.1) is 6.92 Å². The van der Waals surface area contributed by atoms with Gasteiger partial charge in [-0.1, -0.05) is 0 Å². The Morgan fingerprint density at radius 1 is 1.44 bits per heavy atom. The van der Waals surface area contributed by atoms with Gasteiger partial charge < -0.3 is 4.42 Å². The lowest BCUT2D eigenvalue weighted by Crippen LogP contribution is -1.94. The third kappa shape index (κ3) is 2.11. The van der Waals surface area contributed by atoms with Crippen molar-refractivity contribution < 1.29 is 9.21 Å². The lowest BCUT2D eigenvalue weighted by atomic mass is 10.2. The summed E-state index contributed by atoms with van der Waals surface area (Å²) < 4.78 is 6.91. The fourth-order valence-corrected chi connectivity index (χ4v) is 1.36. The molecule has 0 amide bonds. The first-order valence-electron chi connectivity index (χ1n) is 4.93. The van der Waals surface area contributed by atoms with E-state index < -0.39 is 0 Å². The zero-order valence-electron chi connectivity index (χ0n) is 9.18. The molecule has 0 aromatic carbocycles. The zero-order valence-corrected chi connectivity index (χ0v) is 9.18. The van der Waals surface area contributed by atoms with Crippen LogP contribution in [0.3, 0.4) is 0 Å². The van der Waals surface area contributed by atoms with Gasteiger partial charge in [0.25, 0.3) is 0 Å². The van der Waals surface area contributed by atoms with Crippen LogP contribution in [0.1, 0.15) is 22.0 Å². The van der Waals surface area contributed by atoms with Crippen LogP contribution < -0.4 is 0 Å². The molecule has 0 aliphatic rings. The molecule has 0 aliphatic carbocycles. The maximum absolute atomic E-state index is 11.7. The van der Waals surface area contributed by atoms with E-state index in [1.54, 1.807) is 29.1 Å². The van der Waals surface area contributed by atoms with Crippen molar-refractivity contribution >= 4 is 11.9 Å². The van der Waals surface area contributed by atoms with Gasteiger partial charge in [0.15, 0.2) is 5.76 Å². The molecular formula is C12H12N2O2. The smallest absolute Gasteiger partial charge is 0.221 e. The van der Waals surface area contributed by atoms with Crippen LogP contribution >= 0.6 is 0 Å². The van der Waals surface area contributed by atoms with E-state index in [1.807, 2.05) is 20.0 Å². The molecule has 0 spiro atoms. The van der Waals surface area contributed by atoms with Gasteiger partial charge >= 0.3 is 0 Å². The number of rotatable bonds is 3. The monoisotopic (exact) mass is 216 g/mol. The Bertz CT molecular complexity index is 535. The van der Waals surface area contributed by atoms with Crippen LogP contribution in [0.2, 0.25) is 0 Å². The van der Waals surface area contributed by atoms with Gasteiger partial charge in [-0.2, -0.15) is 5.10 Å². The van der Waals surface area contributed by atoms with Gasteiger partial charge in [0.1, 0.15) is 5.76 Å². The van der Waals surface area contributed by atoms with E-state index in [-0.39, 0.29) is 5.78 Å². The van der Waals surface area contributed by atoms with Crippen molar-refractivity contribution in [3.8, 4) is 0 Å². The number of hydrogen-bond acceptors (Lipinski definition) is 3. The minimum Gasteiger partial charge on any atom is -0.458 e. The number of aryl methyl sites for hydroxylation is 2. The van der Waals surface area contributed by atoms with E-state index in [4.69, 9.17) is 4.42 Å². The Morgan fingerprint density at radius 3 is 2.81 bits per heavy atom. The van der Waals surface area contributed by atoms with Gasteiger partial charge in [-0.3, -0.25) is 9.48 Å². The maximum atomic E-state index is 11.7. The topological polar surface area (TPSA) is 48.0 Å². The molecule has 2 rings (SSSR count). The molecule has 0 radical (unpaired) electrons. The molecule has 4 nitrogen and oxygen atoms in total. The lowest BCUT2D eigenvalue weighted by Gasteiger charge is -1.93. The molecule has 2 aromatic rings. The Labute approximate surface area is 93.2 Å². The van der Waals surface area contributed by atoms with E-state index in [1.165, 1.54) is 6.08 Å². The lowest BCUT2D eigenvalue weighted by molar-refractivity contribution is 0.102. The molecule has 0 atom stereocenters. The van der Waals surface area contributed by atoms with Crippen LogP contribution in [0.25, 0.3) is 6.08 Å². The van der Waals surface area contributed by atoms with Gasteiger partial charge in [-0.25, -0.2) is 0 Å². The standard InChI is InChI=1S/C12H12N2O2/c1-9-3-6-12(16-9)11(15)5-4-10-7-8-13-14(10)2/h3-8H,1-2H3/b5-4+. The highest BCUT2D eigenvalue weighted by Gasteiger charge is 2.06. The minimum atomic E-state index is -0.144. The third-order valence-corrected chi connectivity index (χ3v) is 2.25. The summed E-state index contributed by atoms with van der Waals surface area (Å²) in [5.41, 5.74) is 0.872. The number of furan rings is 1. The number of allylic oxidation sites excluding steroid dienone is 1. The summed E-state index contributed by atoms with van der Waals surface area (Å²) in [4.78, 5) is 11.7. The van der Waals surface area contributed by atoms with E-state index in [0.29, 0.717) is 5.76 Å². The highest BCUT2D eigenvalue weighted by molar-refractivity contribution is 6.04. The number of carbonyl (C=O) groups is 1. The normalized spacial score (nSPS) is 11.1. The molecule has 0 saturated heterocycles. The molecule has 2 heterocycles. The molecule has 4 heteroatoms. The van der Waals surface area contributed by atoms with Crippen molar-refractivity contribution in [3.63, 3.8) is 0 Å². The van der Waals surface area contributed by atoms with Crippen molar-refractivity contribution in [2.75, 3.05) is 0 Å². The molecule has 82 valence electrons. The van der Waals surface area contributed by atoms with Crippen molar-refractivity contribution in [1.82, 2.24) is 9.78 Å². The fourth-order valence-electron chi connectivity index (χ4n) is 1.36. The van der Waals surface area contributed by atoms with E-state index in [9.17, 15) is 4.79 Å². The average Bonchev–Trinajstić information content (AvgIpc) is 2.84. The van der Waals surface area contributed by atoms with Gasteiger partial charge in [0.05, 0.1) is 5.69 Å². The van der Waals surface area contributed by atoms with E-state index in [0.717, 1.165) is 11.5 Å². The summed E-state index contributed by atoms with van der Waals surface area (Å²) in [5.74, 6) is 0.947. The first-order valence-corrected chi connectivity index (χ1v) is 4.93. The molecule has 0 fully saturated rings. The molecule has 2 aromatic heterocycles. The first kappa shape index (κ1) is 10.4. The zero-order chi connectivity index (χ0) is 11.5. The summed E-state index contributed by atoms with van der Waals surface area (Å²) in [6.45, 7) is 1.81. The van der Waals surface area contributed by atoms with Crippen LogP contribution in [-0.2, 0) is 7.05 Å². The van der Waals surface area contributed by atoms with Crippen LogP contribution in [0.15, 0.2) is 34.9 Å². The highest BCUT2D eigenvalue weighted by atomic mass is 16.3. The largest absolute Gasteiger partial charge is 0.458 e.